The largest absolute Gasteiger partial charge is 0.357 e. The topological polar surface area (TPSA) is 47.9 Å². The molecule has 0 bridgehead atoms. The number of hydrogen-bond donors (Lipinski definition) is 1. The molecule has 1 saturated carbocycles. The molecule has 5 heteroatoms. The van der Waals surface area contributed by atoms with Crippen molar-refractivity contribution >= 4 is 11.9 Å². The third kappa shape index (κ3) is 6.04. The summed E-state index contributed by atoms with van der Waals surface area (Å²) in [5, 5.41) is 3.40. The van der Waals surface area contributed by atoms with E-state index in [1.165, 1.54) is 44.9 Å². The summed E-state index contributed by atoms with van der Waals surface area (Å²) in [6, 6.07) is 0. The van der Waals surface area contributed by atoms with E-state index in [0.717, 1.165) is 51.1 Å². The van der Waals surface area contributed by atoms with Gasteiger partial charge in [-0.3, -0.25) is 9.79 Å². The molecular formula is C18H34N4O. The number of hydrogen-bond acceptors (Lipinski definition) is 2. The van der Waals surface area contributed by atoms with E-state index in [0.29, 0.717) is 0 Å². The number of carbonyl (C=O) groups is 1. The summed E-state index contributed by atoms with van der Waals surface area (Å²) < 4.78 is 0. The number of guanidine groups is 1. The first kappa shape index (κ1) is 18.1. The maximum atomic E-state index is 11.4. The van der Waals surface area contributed by atoms with Crippen LogP contribution in [0.3, 0.4) is 0 Å². The molecule has 132 valence electrons. The Labute approximate surface area is 141 Å². The van der Waals surface area contributed by atoms with Crippen molar-refractivity contribution in [1.82, 2.24) is 15.1 Å². The van der Waals surface area contributed by atoms with Crippen molar-refractivity contribution in [2.24, 2.45) is 10.9 Å². The van der Waals surface area contributed by atoms with E-state index in [9.17, 15) is 4.79 Å². The Balaban J connectivity index is 1.70. The highest BCUT2D eigenvalue weighted by Gasteiger charge is 2.20. The van der Waals surface area contributed by atoms with Crippen LogP contribution in [-0.4, -0.2) is 60.9 Å². The van der Waals surface area contributed by atoms with E-state index in [2.05, 4.69) is 17.1 Å². The van der Waals surface area contributed by atoms with Gasteiger partial charge < -0.3 is 15.1 Å². The van der Waals surface area contributed by atoms with Crippen LogP contribution >= 0.6 is 0 Å². The summed E-state index contributed by atoms with van der Waals surface area (Å²) in [6.07, 6.45) is 9.69. The van der Waals surface area contributed by atoms with Gasteiger partial charge in [0, 0.05) is 46.2 Å². The minimum absolute atomic E-state index is 0.179. The lowest BCUT2D eigenvalue weighted by Gasteiger charge is -2.36. The maximum absolute atomic E-state index is 11.4. The van der Waals surface area contributed by atoms with Crippen LogP contribution in [0.15, 0.2) is 4.99 Å². The molecule has 1 heterocycles. The molecule has 23 heavy (non-hydrogen) atoms. The number of carbonyl (C=O) groups excluding carboxylic acids is 1. The van der Waals surface area contributed by atoms with Gasteiger partial charge in [-0.1, -0.05) is 38.5 Å². The Morgan fingerprint density at radius 2 is 1.74 bits per heavy atom. The predicted octanol–water partition coefficient (Wildman–Crippen LogP) is 2.48. The summed E-state index contributed by atoms with van der Waals surface area (Å²) >= 11 is 0. The zero-order chi connectivity index (χ0) is 16.5. The van der Waals surface area contributed by atoms with Gasteiger partial charge in [0.05, 0.1) is 0 Å². The quantitative estimate of drug-likeness (QED) is 0.464. The number of rotatable bonds is 6. The molecule has 0 unspecified atom stereocenters. The van der Waals surface area contributed by atoms with Gasteiger partial charge in [-0.15, -0.1) is 0 Å². The van der Waals surface area contributed by atoms with Crippen molar-refractivity contribution in [1.29, 1.82) is 0 Å². The van der Waals surface area contributed by atoms with E-state index in [4.69, 9.17) is 4.99 Å². The van der Waals surface area contributed by atoms with Crippen LogP contribution in [0.25, 0.3) is 0 Å². The van der Waals surface area contributed by atoms with Gasteiger partial charge in [-0.05, 0) is 19.3 Å². The zero-order valence-corrected chi connectivity index (χ0v) is 15.0. The second kappa shape index (κ2) is 9.78. The van der Waals surface area contributed by atoms with E-state index < -0.39 is 0 Å². The van der Waals surface area contributed by atoms with Crippen LogP contribution in [0, 0.1) is 5.92 Å². The Bertz CT molecular complexity index is 382. The minimum atomic E-state index is 0.179. The molecule has 2 rings (SSSR count). The van der Waals surface area contributed by atoms with Crippen molar-refractivity contribution in [3.63, 3.8) is 0 Å². The lowest BCUT2D eigenvalue weighted by molar-refractivity contribution is -0.130. The molecule has 0 aromatic carbocycles. The first-order valence-corrected chi connectivity index (χ1v) is 9.49. The molecule has 0 spiro atoms. The standard InChI is InChI=1S/C18H34N4O/c1-3-19-18(22-14-12-21(13-15-22)16(2)23)20-11-7-6-10-17-8-4-5-9-17/h17H,3-15H2,1-2H3,(H,19,20). The lowest BCUT2D eigenvalue weighted by Crippen LogP contribution is -2.53. The molecule has 1 amide bonds. The monoisotopic (exact) mass is 322 g/mol. The molecule has 2 aliphatic rings. The van der Waals surface area contributed by atoms with Crippen LogP contribution in [0.1, 0.15) is 58.8 Å². The van der Waals surface area contributed by atoms with Gasteiger partial charge in [-0.2, -0.15) is 0 Å². The highest BCUT2D eigenvalue weighted by atomic mass is 16.2. The molecule has 0 aromatic heterocycles. The summed E-state index contributed by atoms with van der Waals surface area (Å²) in [7, 11) is 0. The summed E-state index contributed by atoms with van der Waals surface area (Å²) in [5.74, 6) is 2.20. The van der Waals surface area contributed by atoms with Gasteiger partial charge in [-0.25, -0.2) is 0 Å². The average Bonchev–Trinajstić information content (AvgIpc) is 3.07. The SMILES string of the molecule is CCNC(=NCCCCC1CCCC1)N1CCN(C(C)=O)CC1. The number of nitrogens with zero attached hydrogens (tertiary/aromatic N) is 3. The molecule has 0 radical (unpaired) electrons. The normalized spacial score (nSPS) is 20.2. The molecule has 1 aliphatic heterocycles. The van der Waals surface area contributed by atoms with E-state index in [1.807, 2.05) is 4.90 Å². The number of nitrogens with one attached hydrogen (secondary N) is 1. The molecule has 1 N–H and O–H groups in total. The Morgan fingerprint density at radius 3 is 2.35 bits per heavy atom. The first-order valence-electron chi connectivity index (χ1n) is 9.49. The summed E-state index contributed by atoms with van der Waals surface area (Å²) in [6.45, 7) is 8.96. The third-order valence-electron chi connectivity index (χ3n) is 5.12. The number of amides is 1. The molecule has 5 nitrogen and oxygen atoms in total. The van der Waals surface area contributed by atoms with E-state index >= 15 is 0 Å². The minimum Gasteiger partial charge on any atom is -0.357 e. The molecule has 0 aromatic rings. The van der Waals surface area contributed by atoms with E-state index in [-0.39, 0.29) is 5.91 Å². The molecule has 1 saturated heterocycles. The number of aliphatic imine (C=N–C) groups is 1. The van der Waals surface area contributed by atoms with Crippen molar-refractivity contribution in [3.8, 4) is 0 Å². The number of piperazine rings is 1. The Hall–Kier alpha value is -1.26. The van der Waals surface area contributed by atoms with Crippen molar-refractivity contribution in [2.45, 2.75) is 58.8 Å². The van der Waals surface area contributed by atoms with Crippen molar-refractivity contribution in [2.75, 3.05) is 39.3 Å². The summed E-state index contributed by atoms with van der Waals surface area (Å²) in [5.41, 5.74) is 0. The Morgan fingerprint density at radius 1 is 1.09 bits per heavy atom. The number of unbranched alkanes of at least 4 members (excludes halogenated alkanes) is 1. The molecule has 1 aliphatic carbocycles. The van der Waals surface area contributed by atoms with Crippen LogP contribution in [0.4, 0.5) is 0 Å². The van der Waals surface area contributed by atoms with Gasteiger partial charge in [0.1, 0.15) is 0 Å². The predicted molar refractivity (Wildman–Crippen MR) is 95.6 cm³/mol. The fourth-order valence-corrected chi connectivity index (χ4v) is 3.69. The van der Waals surface area contributed by atoms with Gasteiger partial charge >= 0.3 is 0 Å². The highest BCUT2D eigenvalue weighted by Crippen LogP contribution is 2.28. The fourth-order valence-electron chi connectivity index (χ4n) is 3.69. The van der Waals surface area contributed by atoms with Crippen molar-refractivity contribution < 1.29 is 4.79 Å². The fraction of sp³-hybridized carbons (Fsp3) is 0.889. The molecule has 2 fully saturated rings. The second-order valence-electron chi connectivity index (χ2n) is 6.88. The van der Waals surface area contributed by atoms with Gasteiger partial charge in [0.15, 0.2) is 5.96 Å². The third-order valence-corrected chi connectivity index (χ3v) is 5.12. The smallest absolute Gasteiger partial charge is 0.219 e. The van der Waals surface area contributed by atoms with E-state index in [1.54, 1.807) is 6.92 Å². The Kier molecular flexibility index (Phi) is 7.69. The first-order chi connectivity index (χ1) is 11.2. The molecular weight excluding hydrogens is 288 g/mol. The average molecular weight is 322 g/mol. The maximum Gasteiger partial charge on any atom is 0.219 e. The van der Waals surface area contributed by atoms with Crippen LogP contribution in [0.2, 0.25) is 0 Å². The van der Waals surface area contributed by atoms with Crippen LogP contribution < -0.4 is 5.32 Å². The van der Waals surface area contributed by atoms with Crippen molar-refractivity contribution in [3.05, 3.63) is 0 Å². The zero-order valence-electron chi connectivity index (χ0n) is 15.0. The van der Waals surface area contributed by atoms with Crippen LogP contribution in [-0.2, 0) is 4.79 Å². The van der Waals surface area contributed by atoms with Gasteiger partial charge in [0.2, 0.25) is 5.91 Å². The lowest BCUT2D eigenvalue weighted by atomic mass is 10.0. The van der Waals surface area contributed by atoms with Crippen LogP contribution in [0.5, 0.6) is 0 Å². The second-order valence-corrected chi connectivity index (χ2v) is 6.88. The summed E-state index contributed by atoms with van der Waals surface area (Å²) in [4.78, 5) is 20.4. The van der Waals surface area contributed by atoms with Gasteiger partial charge in [0.25, 0.3) is 0 Å². The molecule has 0 atom stereocenters. The highest BCUT2D eigenvalue weighted by molar-refractivity contribution is 5.80.